The van der Waals surface area contributed by atoms with Crippen molar-refractivity contribution in [2.45, 2.75) is 57.5 Å². The van der Waals surface area contributed by atoms with Gasteiger partial charge in [0.1, 0.15) is 0 Å². The van der Waals surface area contributed by atoms with Crippen molar-refractivity contribution in [2.24, 2.45) is 0 Å². The minimum atomic E-state index is -0.859. The lowest BCUT2D eigenvalue weighted by Crippen LogP contribution is -2.42. The van der Waals surface area contributed by atoms with Crippen LogP contribution < -0.4 is 10.6 Å². The van der Waals surface area contributed by atoms with E-state index in [-0.39, 0.29) is 24.8 Å². The lowest BCUT2D eigenvalue weighted by Gasteiger charge is -2.31. The molecule has 5 nitrogen and oxygen atoms in total. The summed E-state index contributed by atoms with van der Waals surface area (Å²) in [6.07, 6.45) is 5.42. The van der Waals surface area contributed by atoms with Gasteiger partial charge in [0.25, 0.3) is 0 Å². The number of carbonyl (C=O) groups is 2. The Morgan fingerprint density at radius 2 is 1.78 bits per heavy atom. The topological polar surface area (TPSA) is 78.4 Å². The van der Waals surface area contributed by atoms with Crippen molar-refractivity contribution in [3.63, 3.8) is 0 Å². The Morgan fingerprint density at radius 3 is 2.39 bits per heavy atom. The minimum absolute atomic E-state index is 0.00505. The van der Waals surface area contributed by atoms with Crippen molar-refractivity contribution < 1.29 is 14.7 Å². The first-order chi connectivity index (χ1) is 8.56. The number of aliphatic hydroxyl groups is 1. The number of carbonyl (C=O) groups excluding carboxylic acids is 2. The first-order valence-corrected chi connectivity index (χ1v) is 6.81. The quantitative estimate of drug-likeness (QED) is 0.655. The van der Waals surface area contributed by atoms with Crippen LogP contribution in [0.3, 0.4) is 0 Å². The van der Waals surface area contributed by atoms with Gasteiger partial charge in [-0.25, -0.2) is 0 Å². The Kier molecular flexibility index (Phi) is 6.12. The molecule has 5 heteroatoms. The maximum Gasteiger partial charge on any atom is 0.239 e. The molecule has 1 aliphatic rings. The van der Waals surface area contributed by atoms with E-state index in [4.69, 9.17) is 0 Å². The second-order valence-electron chi connectivity index (χ2n) is 5.09. The average molecular weight is 256 g/mol. The highest BCUT2D eigenvalue weighted by atomic mass is 16.3. The normalized spacial score (nSPS) is 18.1. The van der Waals surface area contributed by atoms with E-state index in [0.717, 1.165) is 25.7 Å². The van der Waals surface area contributed by atoms with Crippen LogP contribution in [-0.4, -0.2) is 35.6 Å². The van der Waals surface area contributed by atoms with Crippen LogP contribution >= 0.6 is 0 Å². The third kappa shape index (κ3) is 5.49. The highest BCUT2D eigenvalue weighted by Gasteiger charge is 2.31. The van der Waals surface area contributed by atoms with Gasteiger partial charge < -0.3 is 15.7 Å². The zero-order chi connectivity index (χ0) is 13.4. The molecule has 18 heavy (non-hydrogen) atoms. The molecule has 0 radical (unpaired) electrons. The van der Waals surface area contributed by atoms with E-state index in [1.165, 1.54) is 0 Å². The van der Waals surface area contributed by atoms with Crippen LogP contribution in [-0.2, 0) is 9.59 Å². The van der Waals surface area contributed by atoms with Crippen molar-refractivity contribution in [2.75, 3.05) is 13.1 Å². The third-order valence-corrected chi connectivity index (χ3v) is 3.29. The Labute approximate surface area is 108 Å². The molecule has 0 bridgehead atoms. The molecule has 0 aliphatic heterocycles. The van der Waals surface area contributed by atoms with Crippen molar-refractivity contribution in [3.8, 4) is 0 Å². The molecule has 104 valence electrons. The molecular weight excluding hydrogens is 232 g/mol. The molecule has 1 aliphatic carbocycles. The Balaban J connectivity index is 2.22. The second-order valence-corrected chi connectivity index (χ2v) is 5.09. The Morgan fingerprint density at radius 1 is 1.11 bits per heavy atom. The summed E-state index contributed by atoms with van der Waals surface area (Å²) in [6, 6.07) is 0. The predicted octanol–water partition coefficient (Wildman–Crippen LogP) is 0.714. The molecule has 1 fully saturated rings. The Hall–Kier alpha value is -1.10. The summed E-state index contributed by atoms with van der Waals surface area (Å²) in [5.41, 5.74) is -0.859. The molecule has 0 atom stereocenters. The minimum Gasteiger partial charge on any atom is -0.389 e. The summed E-state index contributed by atoms with van der Waals surface area (Å²) in [5.74, 6) is -0.424. The monoisotopic (exact) mass is 256 g/mol. The van der Waals surface area contributed by atoms with Gasteiger partial charge in [0.2, 0.25) is 11.8 Å². The third-order valence-electron chi connectivity index (χ3n) is 3.29. The van der Waals surface area contributed by atoms with Crippen LogP contribution in [0.5, 0.6) is 0 Å². The van der Waals surface area contributed by atoms with E-state index in [1.54, 1.807) is 0 Å². The van der Waals surface area contributed by atoms with Gasteiger partial charge in [0.15, 0.2) is 0 Å². The summed E-state index contributed by atoms with van der Waals surface area (Å²) >= 11 is 0. The molecule has 0 aromatic rings. The standard InChI is InChI=1S/C13H24N2O3/c1-2-8-14-12(17)10-15-11(16)9-13(18)6-4-3-5-7-13/h18H,2-10H2,1H3,(H,14,17)(H,15,16). The van der Waals surface area contributed by atoms with Crippen LogP contribution in [0.25, 0.3) is 0 Å². The highest BCUT2D eigenvalue weighted by molar-refractivity contribution is 5.85. The number of amides is 2. The van der Waals surface area contributed by atoms with Crippen LogP contribution in [0, 0.1) is 0 Å². The first-order valence-electron chi connectivity index (χ1n) is 6.81. The molecule has 0 aromatic heterocycles. The molecule has 1 rings (SSSR count). The summed E-state index contributed by atoms with van der Waals surface area (Å²) in [7, 11) is 0. The number of nitrogens with one attached hydrogen (secondary N) is 2. The average Bonchev–Trinajstić information content (AvgIpc) is 2.34. The van der Waals surface area contributed by atoms with Crippen LogP contribution in [0.1, 0.15) is 51.9 Å². The molecule has 0 heterocycles. The van der Waals surface area contributed by atoms with E-state index < -0.39 is 5.60 Å². The van der Waals surface area contributed by atoms with Gasteiger partial charge in [-0.1, -0.05) is 26.2 Å². The van der Waals surface area contributed by atoms with Crippen LogP contribution in [0.2, 0.25) is 0 Å². The van der Waals surface area contributed by atoms with Gasteiger partial charge in [-0.2, -0.15) is 0 Å². The van der Waals surface area contributed by atoms with Crippen molar-refractivity contribution in [1.82, 2.24) is 10.6 Å². The molecule has 2 amide bonds. The fraction of sp³-hybridized carbons (Fsp3) is 0.846. The smallest absolute Gasteiger partial charge is 0.239 e. The van der Waals surface area contributed by atoms with Crippen molar-refractivity contribution >= 4 is 11.8 Å². The molecule has 0 saturated heterocycles. The number of hydrogen-bond donors (Lipinski definition) is 3. The maximum atomic E-state index is 11.6. The number of rotatable bonds is 6. The summed E-state index contributed by atoms with van der Waals surface area (Å²) in [5, 5.41) is 15.4. The summed E-state index contributed by atoms with van der Waals surface area (Å²) in [6.45, 7) is 2.59. The summed E-state index contributed by atoms with van der Waals surface area (Å²) in [4.78, 5) is 22.9. The molecule has 0 spiro atoms. The van der Waals surface area contributed by atoms with Crippen molar-refractivity contribution in [1.29, 1.82) is 0 Å². The van der Waals surface area contributed by atoms with E-state index in [1.807, 2.05) is 6.92 Å². The van der Waals surface area contributed by atoms with E-state index >= 15 is 0 Å². The largest absolute Gasteiger partial charge is 0.389 e. The zero-order valence-electron chi connectivity index (χ0n) is 11.1. The lowest BCUT2D eigenvalue weighted by atomic mass is 9.82. The van der Waals surface area contributed by atoms with Gasteiger partial charge >= 0.3 is 0 Å². The van der Waals surface area contributed by atoms with Gasteiger partial charge in [-0.3, -0.25) is 9.59 Å². The van der Waals surface area contributed by atoms with Gasteiger partial charge in [-0.15, -0.1) is 0 Å². The van der Waals surface area contributed by atoms with Crippen LogP contribution in [0.4, 0.5) is 0 Å². The van der Waals surface area contributed by atoms with E-state index in [0.29, 0.717) is 19.4 Å². The lowest BCUT2D eigenvalue weighted by molar-refractivity contribution is -0.130. The maximum absolute atomic E-state index is 11.6. The molecule has 3 N–H and O–H groups in total. The fourth-order valence-corrected chi connectivity index (χ4v) is 2.25. The van der Waals surface area contributed by atoms with Crippen LogP contribution in [0.15, 0.2) is 0 Å². The second kappa shape index (κ2) is 7.36. The fourth-order valence-electron chi connectivity index (χ4n) is 2.25. The molecule has 1 saturated carbocycles. The highest BCUT2D eigenvalue weighted by Crippen LogP contribution is 2.30. The van der Waals surface area contributed by atoms with Gasteiger partial charge in [0, 0.05) is 6.54 Å². The van der Waals surface area contributed by atoms with Crippen molar-refractivity contribution in [3.05, 3.63) is 0 Å². The number of hydrogen-bond acceptors (Lipinski definition) is 3. The van der Waals surface area contributed by atoms with Gasteiger partial charge in [0.05, 0.1) is 18.6 Å². The van der Waals surface area contributed by atoms with Gasteiger partial charge in [-0.05, 0) is 19.3 Å². The SMILES string of the molecule is CCCNC(=O)CNC(=O)CC1(O)CCCCC1. The molecule has 0 unspecified atom stereocenters. The Bertz CT molecular complexity index is 286. The predicted molar refractivity (Wildman–Crippen MR) is 69.0 cm³/mol. The zero-order valence-corrected chi connectivity index (χ0v) is 11.1. The summed E-state index contributed by atoms with van der Waals surface area (Å²) < 4.78 is 0. The van der Waals surface area contributed by atoms with E-state index in [2.05, 4.69) is 10.6 Å². The molecular formula is C13H24N2O3. The van der Waals surface area contributed by atoms with E-state index in [9.17, 15) is 14.7 Å². The molecule has 0 aromatic carbocycles. The first kappa shape index (κ1) is 15.0.